The smallest absolute Gasteiger partial charge is 0.278 e. The van der Waals surface area contributed by atoms with Gasteiger partial charge in [-0.05, 0) is 42.5 Å². The van der Waals surface area contributed by atoms with E-state index in [1.54, 1.807) is 47.1 Å². The molecule has 11 nitrogen and oxygen atoms in total. The number of ether oxygens (including phenoxy) is 1. The van der Waals surface area contributed by atoms with E-state index in [4.69, 9.17) is 14.1 Å². The number of amides is 1. The van der Waals surface area contributed by atoms with E-state index in [0.29, 0.717) is 49.7 Å². The van der Waals surface area contributed by atoms with Crippen molar-refractivity contribution in [2.45, 2.75) is 12.8 Å². The summed E-state index contributed by atoms with van der Waals surface area (Å²) in [7, 11) is -0.968. The molecule has 0 aliphatic carbocycles. The maximum absolute atomic E-state index is 14.7. The van der Waals surface area contributed by atoms with Crippen molar-refractivity contribution in [1.82, 2.24) is 24.7 Å². The molecule has 0 saturated heterocycles. The Morgan fingerprint density at radius 1 is 1.06 bits per heavy atom. The Kier molecular flexibility index (Phi) is 7.46. The second kappa shape index (κ2) is 11.5. The fourth-order valence-corrected chi connectivity index (χ4v) is 6.18. The Bertz CT molecular complexity index is 2560. The molecule has 5 aromatic heterocycles. The minimum atomic E-state index is -3.80. The Morgan fingerprint density at radius 2 is 1.86 bits per heavy atom. The largest absolute Gasteiger partial charge is 0.471 e. The molecule has 1 N–H and O–H groups in total. The summed E-state index contributed by atoms with van der Waals surface area (Å²) in [6, 6.07) is 15.8. The number of carbonyl (C=O) groups excluding carboxylic acids is 1. The van der Waals surface area contributed by atoms with Gasteiger partial charge in [-0.2, -0.15) is 0 Å². The Hall–Kier alpha value is -5.70. The van der Waals surface area contributed by atoms with Crippen LogP contribution in [0.1, 0.15) is 17.3 Å². The maximum atomic E-state index is 14.7. The fraction of sp³-hybridized carbons (Fsp3) is 0.176. The van der Waals surface area contributed by atoms with Crippen molar-refractivity contribution in [3.63, 3.8) is 0 Å². The van der Waals surface area contributed by atoms with E-state index in [9.17, 15) is 26.4 Å². The lowest BCUT2D eigenvalue weighted by Crippen LogP contribution is -2.25. The van der Waals surface area contributed by atoms with E-state index in [1.807, 2.05) is 0 Å². The van der Waals surface area contributed by atoms with E-state index in [0.717, 1.165) is 17.5 Å². The van der Waals surface area contributed by atoms with Crippen LogP contribution in [0.2, 0.25) is 0 Å². The minimum absolute atomic E-state index is 0.0492. The number of rotatable bonds is 8. The van der Waals surface area contributed by atoms with E-state index >= 15 is 0 Å². The molecule has 0 atom stereocenters. The van der Waals surface area contributed by atoms with Crippen LogP contribution in [0.15, 0.2) is 77.6 Å². The predicted molar refractivity (Wildman–Crippen MR) is 179 cm³/mol. The van der Waals surface area contributed by atoms with Crippen LogP contribution in [0, 0.1) is 5.82 Å². The molecule has 0 unspecified atom stereocenters. The number of hydrogen-bond donors (Lipinski definition) is 1. The topological polar surface area (TPSA) is 132 Å². The summed E-state index contributed by atoms with van der Waals surface area (Å²) in [4.78, 5) is 26.9. The summed E-state index contributed by atoms with van der Waals surface area (Å²) >= 11 is 0. The second-order valence-electron chi connectivity index (χ2n) is 11.6. The Morgan fingerprint density at radius 3 is 2.55 bits per heavy atom. The van der Waals surface area contributed by atoms with Crippen LogP contribution >= 0.6 is 0 Å². The highest BCUT2D eigenvalue weighted by atomic mass is 32.2. The predicted octanol–water partition coefficient (Wildman–Crippen LogP) is 6.44. The van der Waals surface area contributed by atoms with Gasteiger partial charge in [0.2, 0.25) is 15.9 Å². The van der Waals surface area contributed by atoms with Crippen molar-refractivity contribution in [2.24, 2.45) is 0 Å². The number of sulfonamides is 1. The van der Waals surface area contributed by atoms with Crippen LogP contribution in [-0.2, 0) is 10.0 Å². The number of hydrogen-bond acceptors (Lipinski definition) is 8. The lowest BCUT2D eigenvalue weighted by Gasteiger charge is -2.20. The standard InChI is InChI=1S/C34H27F3N6O5S/c1-34(36,37)16-47-29-11-8-18(15-39-29)32-30(33(44)38-2)21-12-20(26(14-28(21)48-32)42(3)49(4,45)46)23-9-10-24-31(41-23)27-13-19-22(35)6-5-7-25(19)43(27)17-40-24/h5-15,17H,16H2,1-4H3,(H,38,44). The van der Waals surface area contributed by atoms with Crippen molar-refractivity contribution in [3.8, 4) is 28.5 Å². The van der Waals surface area contributed by atoms with Gasteiger partial charge in [-0.3, -0.25) is 13.5 Å². The third kappa shape index (κ3) is 5.65. The molecular weight excluding hydrogens is 661 g/mol. The summed E-state index contributed by atoms with van der Waals surface area (Å²) in [5, 5.41) is 3.34. The molecule has 5 heterocycles. The third-order valence-electron chi connectivity index (χ3n) is 8.10. The normalized spacial score (nSPS) is 12.3. The summed E-state index contributed by atoms with van der Waals surface area (Å²) in [6.45, 7) is -0.140. The maximum Gasteiger partial charge on any atom is 0.278 e. The van der Waals surface area contributed by atoms with Gasteiger partial charge >= 0.3 is 0 Å². The first-order valence-corrected chi connectivity index (χ1v) is 16.7. The first kappa shape index (κ1) is 31.9. The van der Waals surface area contributed by atoms with Gasteiger partial charge in [-0.25, -0.2) is 36.5 Å². The van der Waals surface area contributed by atoms with Crippen LogP contribution < -0.4 is 14.4 Å². The molecule has 2 aromatic carbocycles. The van der Waals surface area contributed by atoms with Crippen LogP contribution in [0.3, 0.4) is 0 Å². The molecule has 0 aliphatic rings. The van der Waals surface area contributed by atoms with E-state index in [-0.39, 0.29) is 28.5 Å². The summed E-state index contributed by atoms with van der Waals surface area (Å²) < 4.78 is 81.1. The van der Waals surface area contributed by atoms with E-state index in [1.165, 1.54) is 44.6 Å². The number of pyridine rings is 2. The number of nitrogens with zero attached hydrogens (tertiary/aromatic N) is 5. The van der Waals surface area contributed by atoms with Gasteiger partial charge in [-0.15, -0.1) is 0 Å². The number of alkyl halides is 2. The molecule has 49 heavy (non-hydrogen) atoms. The van der Waals surface area contributed by atoms with Gasteiger partial charge in [-0.1, -0.05) is 6.07 Å². The zero-order chi connectivity index (χ0) is 34.8. The van der Waals surface area contributed by atoms with E-state index in [2.05, 4.69) is 15.3 Å². The van der Waals surface area contributed by atoms with Crippen molar-refractivity contribution in [1.29, 1.82) is 0 Å². The highest BCUT2D eigenvalue weighted by Gasteiger charge is 2.27. The summed E-state index contributed by atoms with van der Waals surface area (Å²) in [5.74, 6) is -3.90. The van der Waals surface area contributed by atoms with Crippen LogP contribution in [-0.4, -0.2) is 66.6 Å². The number of furan rings is 1. The molecule has 1 amide bonds. The van der Waals surface area contributed by atoms with Gasteiger partial charge < -0.3 is 14.5 Å². The van der Waals surface area contributed by atoms with Crippen LogP contribution in [0.4, 0.5) is 18.9 Å². The molecule has 7 aromatic rings. The number of aromatic nitrogens is 4. The summed E-state index contributed by atoms with van der Waals surface area (Å²) in [6.07, 6.45) is 3.96. The highest BCUT2D eigenvalue weighted by molar-refractivity contribution is 7.92. The lowest BCUT2D eigenvalue weighted by molar-refractivity contribution is -0.0242. The molecule has 0 radical (unpaired) electrons. The zero-order valence-electron chi connectivity index (χ0n) is 26.5. The first-order valence-electron chi connectivity index (χ1n) is 14.8. The van der Waals surface area contributed by atoms with Crippen molar-refractivity contribution >= 4 is 60.0 Å². The number of anilines is 1. The van der Waals surface area contributed by atoms with Crippen LogP contribution in [0.25, 0.3) is 61.0 Å². The molecule has 7 rings (SSSR count). The number of carbonyl (C=O) groups is 1. The molecule has 0 aliphatic heterocycles. The van der Waals surface area contributed by atoms with E-state index < -0.39 is 34.3 Å². The molecule has 0 spiro atoms. The van der Waals surface area contributed by atoms with Crippen molar-refractivity contribution in [2.75, 3.05) is 31.3 Å². The SMILES string of the molecule is CNC(=O)c1c(-c2ccc(OCC(C)(F)F)nc2)oc2cc(N(C)S(C)(=O)=O)c(-c3ccc4ncn5c6cccc(F)c6cc5c4n3)cc12. The fourth-order valence-electron chi connectivity index (χ4n) is 5.67. The monoisotopic (exact) mass is 688 g/mol. The van der Waals surface area contributed by atoms with Gasteiger partial charge in [0.25, 0.3) is 11.8 Å². The zero-order valence-corrected chi connectivity index (χ0v) is 27.3. The Balaban J connectivity index is 1.45. The quantitative estimate of drug-likeness (QED) is 0.193. The second-order valence-corrected chi connectivity index (χ2v) is 13.6. The number of fused-ring (bicyclic) bond motifs is 6. The lowest BCUT2D eigenvalue weighted by atomic mass is 10.0. The molecule has 250 valence electrons. The number of halogens is 3. The number of benzene rings is 2. The van der Waals surface area contributed by atoms with Crippen LogP contribution in [0.5, 0.6) is 5.88 Å². The number of nitrogens with one attached hydrogen (secondary N) is 1. The highest BCUT2D eigenvalue weighted by Crippen LogP contribution is 2.41. The average Bonchev–Trinajstić information content (AvgIpc) is 3.65. The van der Waals surface area contributed by atoms with Gasteiger partial charge in [0.15, 0.2) is 6.61 Å². The third-order valence-corrected chi connectivity index (χ3v) is 9.30. The molecule has 0 fully saturated rings. The Labute approximate surface area is 277 Å². The van der Waals surface area contributed by atoms with Gasteiger partial charge in [0.1, 0.15) is 29.0 Å². The minimum Gasteiger partial charge on any atom is -0.471 e. The van der Waals surface area contributed by atoms with Crippen molar-refractivity contribution in [3.05, 3.63) is 84.6 Å². The average molecular weight is 689 g/mol. The van der Waals surface area contributed by atoms with Gasteiger partial charge in [0.05, 0.1) is 39.8 Å². The molecule has 0 saturated carbocycles. The summed E-state index contributed by atoms with van der Waals surface area (Å²) in [5.41, 5.74) is 3.73. The molecule has 0 bridgehead atoms. The molecule has 15 heteroatoms. The van der Waals surface area contributed by atoms with Crippen molar-refractivity contribution < 1.29 is 35.5 Å². The first-order chi connectivity index (χ1) is 23.2. The van der Waals surface area contributed by atoms with Gasteiger partial charge in [0, 0.05) is 61.2 Å². The molecular formula is C34H27F3N6O5S.